The third kappa shape index (κ3) is 1.66. The van der Waals surface area contributed by atoms with Gasteiger partial charge in [0.15, 0.2) is 0 Å². The van der Waals surface area contributed by atoms with E-state index in [2.05, 4.69) is 4.98 Å². The molecule has 1 heterocycles. The van der Waals surface area contributed by atoms with Gasteiger partial charge in [0, 0.05) is 6.20 Å². The molecule has 1 aromatic rings. The monoisotopic (exact) mass is 187 g/mol. The molecule has 0 aromatic carbocycles. The Labute approximate surface area is 73.6 Å². The van der Waals surface area contributed by atoms with E-state index in [1.165, 1.54) is 12.3 Å². The summed E-state index contributed by atoms with van der Waals surface area (Å²) in [6.45, 7) is 0. The molecule has 0 aliphatic heterocycles. The topological polar surface area (TPSA) is 12.9 Å². The van der Waals surface area contributed by atoms with E-state index in [1.807, 2.05) is 0 Å². The zero-order valence-electron chi connectivity index (χ0n) is 6.80. The van der Waals surface area contributed by atoms with E-state index in [9.17, 15) is 13.2 Å². The van der Waals surface area contributed by atoms with E-state index in [-0.39, 0.29) is 5.92 Å². The number of hydrogen-bond acceptors (Lipinski definition) is 1. The van der Waals surface area contributed by atoms with Gasteiger partial charge in [-0.05, 0) is 30.4 Å². The number of aromatic nitrogens is 1. The van der Waals surface area contributed by atoms with Gasteiger partial charge in [0.1, 0.15) is 5.69 Å². The SMILES string of the molecule is FC(F)(F)c1ncccc1C1CC1. The molecule has 0 radical (unpaired) electrons. The molecule has 13 heavy (non-hydrogen) atoms. The lowest BCUT2D eigenvalue weighted by Crippen LogP contribution is -2.10. The lowest BCUT2D eigenvalue weighted by molar-refractivity contribution is -0.141. The second-order valence-corrected chi connectivity index (χ2v) is 3.21. The third-order valence-corrected chi connectivity index (χ3v) is 2.12. The van der Waals surface area contributed by atoms with Crippen LogP contribution in [0.4, 0.5) is 13.2 Å². The van der Waals surface area contributed by atoms with Gasteiger partial charge in [0.25, 0.3) is 0 Å². The van der Waals surface area contributed by atoms with Crippen molar-refractivity contribution in [1.82, 2.24) is 4.98 Å². The number of hydrogen-bond donors (Lipinski definition) is 0. The van der Waals surface area contributed by atoms with Gasteiger partial charge in [-0.1, -0.05) is 6.07 Å². The van der Waals surface area contributed by atoms with Crippen molar-refractivity contribution in [2.24, 2.45) is 0 Å². The van der Waals surface area contributed by atoms with Crippen molar-refractivity contribution in [3.63, 3.8) is 0 Å². The van der Waals surface area contributed by atoms with E-state index in [0.717, 1.165) is 12.8 Å². The maximum atomic E-state index is 12.4. The van der Waals surface area contributed by atoms with E-state index < -0.39 is 11.9 Å². The quantitative estimate of drug-likeness (QED) is 0.658. The van der Waals surface area contributed by atoms with Crippen LogP contribution >= 0.6 is 0 Å². The van der Waals surface area contributed by atoms with Crippen LogP contribution in [-0.2, 0) is 6.18 Å². The molecule has 1 fully saturated rings. The molecule has 1 aromatic heterocycles. The fraction of sp³-hybridized carbons (Fsp3) is 0.444. The molecule has 70 valence electrons. The fourth-order valence-corrected chi connectivity index (χ4v) is 1.38. The van der Waals surface area contributed by atoms with Crippen molar-refractivity contribution in [3.05, 3.63) is 29.6 Å². The van der Waals surface area contributed by atoms with Crippen molar-refractivity contribution in [2.75, 3.05) is 0 Å². The lowest BCUT2D eigenvalue weighted by atomic mass is 10.1. The van der Waals surface area contributed by atoms with Crippen molar-refractivity contribution in [1.29, 1.82) is 0 Å². The van der Waals surface area contributed by atoms with Gasteiger partial charge in [-0.15, -0.1) is 0 Å². The number of halogens is 3. The molecule has 1 nitrogen and oxygen atoms in total. The van der Waals surface area contributed by atoms with Crippen LogP contribution in [0.5, 0.6) is 0 Å². The zero-order valence-corrected chi connectivity index (χ0v) is 6.80. The molecule has 0 spiro atoms. The average Bonchev–Trinajstić information content (AvgIpc) is 2.85. The minimum absolute atomic E-state index is 0.0883. The molecule has 4 heteroatoms. The molecule has 1 aliphatic rings. The largest absolute Gasteiger partial charge is 0.433 e. The molecule has 0 atom stereocenters. The fourth-order valence-electron chi connectivity index (χ4n) is 1.38. The first kappa shape index (κ1) is 8.53. The summed E-state index contributed by atoms with van der Waals surface area (Å²) in [6.07, 6.45) is -1.41. The summed E-state index contributed by atoms with van der Waals surface area (Å²) < 4.78 is 37.1. The van der Waals surface area contributed by atoms with Gasteiger partial charge in [-0.25, -0.2) is 0 Å². The summed E-state index contributed by atoms with van der Waals surface area (Å²) in [5, 5.41) is 0. The average molecular weight is 187 g/mol. The minimum atomic E-state index is -4.31. The molecule has 0 amide bonds. The molecule has 0 bridgehead atoms. The van der Waals surface area contributed by atoms with Gasteiger partial charge < -0.3 is 0 Å². The van der Waals surface area contributed by atoms with Crippen LogP contribution in [0.15, 0.2) is 18.3 Å². The lowest BCUT2D eigenvalue weighted by Gasteiger charge is -2.09. The predicted octanol–water partition coefficient (Wildman–Crippen LogP) is 2.98. The first-order chi connectivity index (χ1) is 6.09. The van der Waals surface area contributed by atoms with Gasteiger partial charge >= 0.3 is 6.18 Å². The molecule has 0 saturated heterocycles. The Bertz CT molecular complexity index is 315. The van der Waals surface area contributed by atoms with E-state index in [1.54, 1.807) is 6.07 Å². The summed E-state index contributed by atoms with van der Waals surface area (Å²) in [5.74, 6) is 0.0883. The number of rotatable bonds is 1. The standard InChI is InChI=1S/C9H8F3N/c10-9(11,12)8-7(6-3-4-6)2-1-5-13-8/h1-2,5-6H,3-4H2. The van der Waals surface area contributed by atoms with Gasteiger partial charge in [0.05, 0.1) is 0 Å². The Kier molecular flexibility index (Phi) is 1.78. The van der Waals surface area contributed by atoms with Crippen molar-refractivity contribution < 1.29 is 13.2 Å². The van der Waals surface area contributed by atoms with E-state index in [4.69, 9.17) is 0 Å². The predicted molar refractivity (Wildman–Crippen MR) is 41.2 cm³/mol. The van der Waals surface area contributed by atoms with Crippen molar-refractivity contribution in [3.8, 4) is 0 Å². The highest BCUT2D eigenvalue weighted by Gasteiger charge is 2.39. The van der Waals surface area contributed by atoms with Crippen LogP contribution in [0.3, 0.4) is 0 Å². The van der Waals surface area contributed by atoms with E-state index >= 15 is 0 Å². The molecular formula is C9H8F3N. The Morgan fingerprint density at radius 1 is 1.31 bits per heavy atom. The highest BCUT2D eigenvalue weighted by atomic mass is 19.4. The van der Waals surface area contributed by atoms with Crippen LogP contribution in [0, 0.1) is 0 Å². The van der Waals surface area contributed by atoms with E-state index in [0.29, 0.717) is 5.56 Å². The first-order valence-electron chi connectivity index (χ1n) is 4.11. The Morgan fingerprint density at radius 2 is 2.00 bits per heavy atom. The van der Waals surface area contributed by atoms with Crippen LogP contribution in [-0.4, -0.2) is 4.98 Å². The minimum Gasteiger partial charge on any atom is -0.252 e. The summed E-state index contributed by atoms with van der Waals surface area (Å²) in [7, 11) is 0. The molecule has 1 aliphatic carbocycles. The summed E-state index contributed by atoms with van der Waals surface area (Å²) in [4.78, 5) is 3.39. The smallest absolute Gasteiger partial charge is 0.252 e. The maximum absolute atomic E-state index is 12.4. The maximum Gasteiger partial charge on any atom is 0.433 e. The van der Waals surface area contributed by atoms with Gasteiger partial charge in [0.2, 0.25) is 0 Å². The summed E-state index contributed by atoms with van der Waals surface area (Å²) in [6, 6.07) is 3.08. The van der Waals surface area contributed by atoms with Gasteiger partial charge in [-0.3, -0.25) is 4.98 Å². The number of alkyl halides is 3. The molecule has 2 rings (SSSR count). The van der Waals surface area contributed by atoms with Crippen LogP contribution in [0.25, 0.3) is 0 Å². The Balaban J connectivity index is 2.43. The summed E-state index contributed by atoms with van der Waals surface area (Å²) >= 11 is 0. The molecular weight excluding hydrogens is 179 g/mol. The van der Waals surface area contributed by atoms with Crippen LogP contribution < -0.4 is 0 Å². The second-order valence-electron chi connectivity index (χ2n) is 3.21. The zero-order chi connectivity index (χ0) is 9.47. The first-order valence-corrected chi connectivity index (χ1v) is 4.11. The molecule has 0 unspecified atom stereocenters. The Morgan fingerprint density at radius 3 is 2.54 bits per heavy atom. The number of pyridine rings is 1. The highest BCUT2D eigenvalue weighted by Crippen LogP contribution is 2.44. The van der Waals surface area contributed by atoms with Crippen LogP contribution in [0.2, 0.25) is 0 Å². The highest BCUT2D eigenvalue weighted by molar-refractivity contribution is 5.29. The van der Waals surface area contributed by atoms with Crippen molar-refractivity contribution in [2.45, 2.75) is 24.9 Å². The van der Waals surface area contributed by atoms with Gasteiger partial charge in [-0.2, -0.15) is 13.2 Å². The Hall–Kier alpha value is -1.06. The number of nitrogens with zero attached hydrogens (tertiary/aromatic N) is 1. The third-order valence-electron chi connectivity index (χ3n) is 2.12. The molecule has 1 saturated carbocycles. The molecule has 0 N–H and O–H groups in total. The van der Waals surface area contributed by atoms with Crippen LogP contribution in [0.1, 0.15) is 30.0 Å². The summed E-state index contributed by atoms with van der Waals surface area (Å²) in [5.41, 5.74) is -0.354. The second kappa shape index (κ2) is 2.72. The van der Waals surface area contributed by atoms with Crippen molar-refractivity contribution >= 4 is 0 Å². The normalized spacial score (nSPS) is 17.5.